The number of nitrogens with zero attached hydrogens (tertiary/aromatic N) is 3. The van der Waals surface area contributed by atoms with Gasteiger partial charge in [-0.3, -0.25) is 4.79 Å². The first-order valence-electron chi connectivity index (χ1n) is 4.81. The van der Waals surface area contributed by atoms with Crippen LogP contribution in [-0.2, 0) is 11.3 Å². The first kappa shape index (κ1) is 10.4. The maximum absolute atomic E-state index is 10.7. The number of aromatic nitrogens is 3. The van der Waals surface area contributed by atoms with Gasteiger partial charge in [0.15, 0.2) is 11.5 Å². The summed E-state index contributed by atoms with van der Waals surface area (Å²) in [5.74, 6) is -0.647. The second kappa shape index (κ2) is 3.48. The summed E-state index contributed by atoms with van der Waals surface area (Å²) in [7, 11) is 0. The lowest BCUT2D eigenvalue weighted by Gasteiger charge is -2.01. The molecule has 3 N–H and O–H groups in total. The topological polar surface area (TPSA) is 94.0 Å². The number of aryl methyl sites for hydroxylation is 2. The van der Waals surface area contributed by atoms with Gasteiger partial charge in [-0.05, 0) is 25.5 Å². The Hall–Kier alpha value is -2.11. The zero-order valence-electron chi connectivity index (χ0n) is 9.06. The van der Waals surface area contributed by atoms with Crippen LogP contribution >= 0.6 is 0 Å². The van der Waals surface area contributed by atoms with Gasteiger partial charge in [-0.25, -0.2) is 9.67 Å². The van der Waals surface area contributed by atoms with Crippen molar-refractivity contribution in [1.82, 2.24) is 14.8 Å². The standard InChI is InChI=1S/C10H12N4O2/c1-5-3-6(2)12-10-8(5)9(11)13-14(10)4-7(15)16/h3H,4H2,1-2H3,(H2,11,13)(H,15,16). The third-order valence-corrected chi connectivity index (χ3v) is 2.34. The molecule has 0 aliphatic heterocycles. The monoisotopic (exact) mass is 220 g/mol. The number of pyridine rings is 1. The summed E-state index contributed by atoms with van der Waals surface area (Å²) >= 11 is 0. The molecule has 0 bridgehead atoms. The quantitative estimate of drug-likeness (QED) is 0.777. The number of anilines is 1. The average molecular weight is 220 g/mol. The Morgan fingerprint density at radius 2 is 2.25 bits per heavy atom. The van der Waals surface area contributed by atoms with Crippen molar-refractivity contribution in [3.63, 3.8) is 0 Å². The van der Waals surface area contributed by atoms with E-state index in [9.17, 15) is 4.79 Å². The average Bonchev–Trinajstić information content (AvgIpc) is 2.41. The summed E-state index contributed by atoms with van der Waals surface area (Å²) in [6.45, 7) is 3.52. The molecule has 0 fully saturated rings. The second-order valence-corrected chi connectivity index (χ2v) is 3.72. The minimum atomic E-state index is -0.967. The molecule has 0 aliphatic carbocycles. The summed E-state index contributed by atoms with van der Waals surface area (Å²) < 4.78 is 1.31. The van der Waals surface area contributed by atoms with Crippen LogP contribution in [0.1, 0.15) is 11.3 Å². The van der Waals surface area contributed by atoms with Crippen LogP contribution in [0.15, 0.2) is 6.07 Å². The molecular weight excluding hydrogens is 208 g/mol. The molecule has 2 rings (SSSR count). The van der Waals surface area contributed by atoms with Gasteiger partial charge in [-0.1, -0.05) is 0 Å². The van der Waals surface area contributed by atoms with Gasteiger partial charge in [-0.15, -0.1) is 0 Å². The van der Waals surface area contributed by atoms with Crippen LogP contribution in [0.25, 0.3) is 11.0 Å². The van der Waals surface area contributed by atoms with Crippen molar-refractivity contribution in [3.8, 4) is 0 Å². The maximum atomic E-state index is 10.7. The number of carboxylic acids is 1. The van der Waals surface area contributed by atoms with Gasteiger partial charge in [-0.2, -0.15) is 5.10 Å². The first-order chi connectivity index (χ1) is 7.49. The van der Waals surface area contributed by atoms with Crippen molar-refractivity contribution in [3.05, 3.63) is 17.3 Å². The van der Waals surface area contributed by atoms with E-state index < -0.39 is 5.97 Å². The zero-order valence-corrected chi connectivity index (χ0v) is 9.06. The number of aliphatic carboxylic acids is 1. The highest BCUT2D eigenvalue weighted by Crippen LogP contribution is 2.23. The largest absolute Gasteiger partial charge is 0.480 e. The van der Waals surface area contributed by atoms with E-state index in [0.717, 1.165) is 16.6 Å². The van der Waals surface area contributed by atoms with E-state index in [0.29, 0.717) is 11.5 Å². The minimum Gasteiger partial charge on any atom is -0.480 e. The molecule has 0 radical (unpaired) electrons. The van der Waals surface area contributed by atoms with Crippen LogP contribution in [0, 0.1) is 13.8 Å². The Morgan fingerprint density at radius 3 is 2.88 bits per heavy atom. The summed E-state index contributed by atoms with van der Waals surface area (Å²) in [4.78, 5) is 14.9. The minimum absolute atomic E-state index is 0.233. The third-order valence-electron chi connectivity index (χ3n) is 2.34. The lowest BCUT2D eigenvalue weighted by molar-refractivity contribution is -0.137. The molecule has 0 aromatic carbocycles. The van der Waals surface area contributed by atoms with E-state index in [4.69, 9.17) is 10.8 Å². The summed E-state index contributed by atoms with van der Waals surface area (Å²) in [6.07, 6.45) is 0. The van der Waals surface area contributed by atoms with E-state index in [1.54, 1.807) is 0 Å². The summed E-state index contributed by atoms with van der Waals surface area (Å²) in [5.41, 5.74) is 8.04. The van der Waals surface area contributed by atoms with Crippen molar-refractivity contribution >= 4 is 22.8 Å². The highest BCUT2D eigenvalue weighted by Gasteiger charge is 2.14. The number of fused-ring (bicyclic) bond motifs is 1. The Kier molecular flexibility index (Phi) is 2.26. The molecule has 6 nitrogen and oxygen atoms in total. The summed E-state index contributed by atoms with van der Waals surface area (Å²) in [6, 6.07) is 1.89. The Labute approximate surface area is 91.7 Å². The molecule has 0 spiro atoms. The van der Waals surface area contributed by atoms with Crippen molar-refractivity contribution in [2.24, 2.45) is 0 Å². The molecule has 2 heterocycles. The molecule has 16 heavy (non-hydrogen) atoms. The molecule has 0 atom stereocenters. The molecule has 0 unspecified atom stereocenters. The van der Waals surface area contributed by atoms with Crippen molar-refractivity contribution < 1.29 is 9.90 Å². The van der Waals surface area contributed by atoms with Crippen LogP contribution in [-0.4, -0.2) is 25.8 Å². The highest BCUT2D eigenvalue weighted by atomic mass is 16.4. The van der Waals surface area contributed by atoms with Crippen molar-refractivity contribution in [2.75, 3.05) is 5.73 Å². The molecule has 2 aromatic heterocycles. The predicted molar refractivity (Wildman–Crippen MR) is 59.1 cm³/mol. The van der Waals surface area contributed by atoms with E-state index in [1.165, 1.54) is 4.68 Å². The molecule has 2 aromatic rings. The molecule has 6 heteroatoms. The molecule has 0 saturated heterocycles. The molecular formula is C10H12N4O2. The van der Waals surface area contributed by atoms with Crippen LogP contribution in [0.4, 0.5) is 5.82 Å². The van der Waals surface area contributed by atoms with Crippen LogP contribution < -0.4 is 5.73 Å². The number of carbonyl (C=O) groups is 1. The summed E-state index contributed by atoms with van der Waals surface area (Å²) in [5, 5.41) is 13.5. The first-order valence-corrected chi connectivity index (χ1v) is 4.81. The normalized spacial score (nSPS) is 10.9. The van der Waals surface area contributed by atoms with Crippen molar-refractivity contribution in [1.29, 1.82) is 0 Å². The highest BCUT2D eigenvalue weighted by molar-refractivity contribution is 5.90. The van der Waals surface area contributed by atoms with Gasteiger partial charge in [0.25, 0.3) is 0 Å². The lowest BCUT2D eigenvalue weighted by atomic mass is 10.2. The van der Waals surface area contributed by atoms with E-state index in [1.807, 2.05) is 19.9 Å². The van der Waals surface area contributed by atoms with E-state index >= 15 is 0 Å². The van der Waals surface area contributed by atoms with E-state index in [-0.39, 0.29) is 6.54 Å². The number of hydrogen-bond acceptors (Lipinski definition) is 4. The van der Waals surface area contributed by atoms with Crippen LogP contribution in [0.5, 0.6) is 0 Å². The Bertz CT molecular complexity index is 574. The Balaban J connectivity index is 2.72. The number of carboxylic acid groups (broad SMARTS) is 1. The fourth-order valence-corrected chi connectivity index (χ4v) is 1.79. The molecule has 0 aliphatic rings. The van der Waals surface area contributed by atoms with Crippen LogP contribution in [0.2, 0.25) is 0 Å². The Morgan fingerprint density at radius 1 is 1.56 bits per heavy atom. The van der Waals surface area contributed by atoms with Gasteiger partial charge in [0.2, 0.25) is 0 Å². The van der Waals surface area contributed by atoms with Crippen LogP contribution in [0.3, 0.4) is 0 Å². The number of rotatable bonds is 2. The second-order valence-electron chi connectivity index (χ2n) is 3.72. The third kappa shape index (κ3) is 1.58. The van der Waals surface area contributed by atoms with Crippen molar-refractivity contribution in [2.45, 2.75) is 20.4 Å². The van der Waals surface area contributed by atoms with E-state index in [2.05, 4.69) is 10.1 Å². The molecule has 0 amide bonds. The van der Waals surface area contributed by atoms with Gasteiger partial charge in [0.05, 0.1) is 5.39 Å². The predicted octanol–water partition coefficient (Wildman–Crippen LogP) is 0.715. The molecule has 84 valence electrons. The maximum Gasteiger partial charge on any atom is 0.325 e. The smallest absolute Gasteiger partial charge is 0.325 e. The van der Waals surface area contributed by atoms with Gasteiger partial charge < -0.3 is 10.8 Å². The van der Waals surface area contributed by atoms with Gasteiger partial charge in [0.1, 0.15) is 6.54 Å². The molecule has 0 saturated carbocycles. The fraction of sp³-hybridized carbons (Fsp3) is 0.300. The number of nitrogen functional groups attached to an aromatic ring is 1. The number of hydrogen-bond donors (Lipinski definition) is 2. The van der Waals surface area contributed by atoms with Gasteiger partial charge >= 0.3 is 5.97 Å². The van der Waals surface area contributed by atoms with Gasteiger partial charge in [0, 0.05) is 5.69 Å². The SMILES string of the molecule is Cc1cc(C)c2c(N)nn(CC(=O)O)c2n1. The fourth-order valence-electron chi connectivity index (χ4n) is 1.79. The zero-order chi connectivity index (χ0) is 11.9. The lowest BCUT2D eigenvalue weighted by Crippen LogP contribution is -2.11. The number of nitrogens with two attached hydrogens (primary N) is 1.